The molecule has 0 aliphatic rings. The normalized spacial score (nSPS) is 12.6. The summed E-state index contributed by atoms with van der Waals surface area (Å²) >= 11 is 5.76. The van der Waals surface area contributed by atoms with Gasteiger partial charge in [-0.25, -0.2) is 4.39 Å². The topological polar surface area (TPSA) is 17.1 Å². The quantitative estimate of drug-likeness (QED) is 0.701. The van der Waals surface area contributed by atoms with Gasteiger partial charge in [-0.3, -0.25) is 4.79 Å². The van der Waals surface area contributed by atoms with E-state index < -0.39 is 5.82 Å². The van der Waals surface area contributed by atoms with Crippen molar-refractivity contribution in [1.82, 2.24) is 0 Å². The number of ketones is 1. The molecule has 1 aromatic carbocycles. The molecule has 0 bridgehead atoms. The van der Waals surface area contributed by atoms with Crippen LogP contribution in [0, 0.1) is 11.7 Å². The summed E-state index contributed by atoms with van der Waals surface area (Å²) in [5.74, 6) is -0.522. The number of hydrogen-bond donors (Lipinski definition) is 0. The van der Waals surface area contributed by atoms with Crippen LogP contribution in [0.1, 0.15) is 30.6 Å². The van der Waals surface area contributed by atoms with Gasteiger partial charge < -0.3 is 0 Å². The molecule has 0 radical (unpaired) electrons. The molecule has 14 heavy (non-hydrogen) atoms. The largest absolute Gasteiger partial charge is 0.294 e. The highest BCUT2D eigenvalue weighted by molar-refractivity contribution is 6.34. The minimum absolute atomic E-state index is 0.0301. The Labute approximate surface area is 87.9 Å². The third kappa shape index (κ3) is 2.32. The van der Waals surface area contributed by atoms with E-state index in [-0.39, 0.29) is 16.7 Å². The van der Waals surface area contributed by atoms with Crippen LogP contribution >= 0.6 is 11.6 Å². The molecule has 0 aromatic heterocycles. The van der Waals surface area contributed by atoms with Crippen molar-refractivity contribution in [3.63, 3.8) is 0 Å². The highest BCUT2D eigenvalue weighted by Crippen LogP contribution is 2.21. The molecule has 0 fully saturated rings. The second-order valence-electron chi connectivity index (χ2n) is 3.30. The van der Waals surface area contributed by atoms with E-state index in [1.165, 1.54) is 12.1 Å². The van der Waals surface area contributed by atoms with Gasteiger partial charge in [0.15, 0.2) is 5.78 Å². The Hall–Kier alpha value is -0.890. The zero-order valence-electron chi connectivity index (χ0n) is 8.18. The molecule has 0 saturated carbocycles. The average Bonchev–Trinajstić information content (AvgIpc) is 2.15. The zero-order valence-corrected chi connectivity index (χ0v) is 8.94. The van der Waals surface area contributed by atoms with Gasteiger partial charge in [0, 0.05) is 11.5 Å². The Bertz CT molecular complexity index is 349. The summed E-state index contributed by atoms with van der Waals surface area (Å²) in [4.78, 5) is 11.7. The fourth-order valence-electron chi connectivity index (χ4n) is 1.14. The summed E-state index contributed by atoms with van der Waals surface area (Å²) in [5.41, 5.74) is 0.405. The van der Waals surface area contributed by atoms with Crippen LogP contribution in [-0.4, -0.2) is 5.78 Å². The van der Waals surface area contributed by atoms with E-state index in [9.17, 15) is 9.18 Å². The Kier molecular flexibility index (Phi) is 3.64. The number of Topliss-reactive ketones (excluding diaryl/α,β-unsaturated/α-hetero) is 1. The van der Waals surface area contributed by atoms with Gasteiger partial charge in [-0.15, -0.1) is 0 Å². The Morgan fingerprint density at radius 2 is 2.21 bits per heavy atom. The minimum Gasteiger partial charge on any atom is -0.294 e. The summed E-state index contributed by atoms with van der Waals surface area (Å²) < 4.78 is 12.7. The molecular weight excluding hydrogens is 203 g/mol. The molecule has 0 spiro atoms. The highest BCUT2D eigenvalue weighted by Gasteiger charge is 2.16. The molecule has 0 heterocycles. The molecule has 1 atom stereocenters. The monoisotopic (exact) mass is 214 g/mol. The lowest BCUT2D eigenvalue weighted by molar-refractivity contribution is 0.0927. The van der Waals surface area contributed by atoms with Crippen molar-refractivity contribution in [2.24, 2.45) is 5.92 Å². The van der Waals surface area contributed by atoms with Crippen molar-refractivity contribution in [2.45, 2.75) is 20.3 Å². The van der Waals surface area contributed by atoms with Crippen LogP contribution in [-0.2, 0) is 0 Å². The average molecular weight is 215 g/mol. The summed E-state index contributed by atoms with van der Waals surface area (Å²) in [6.07, 6.45) is 0.756. The number of carbonyl (C=O) groups excluding carboxylic acids is 1. The number of halogens is 2. The van der Waals surface area contributed by atoms with Gasteiger partial charge in [0.1, 0.15) is 5.82 Å². The number of rotatable bonds is 3. The van der Waals surface area contributed by atoms with E-state index in [1.54, 1.807) is 0 Å². The molecule has 76 valence electrons. The summed E-state index contributed by atoms with van der Waals surface area (Å²) in [6, 6.07) is 3.85. The van der Waals surface area contributed by atoms with E-state index in [1.807, 2.05) is 13.8 Å². The fourth-order valence-corrected chi connectivity index (χ4v) is 1.40. The number of carbonyl (C=O) groups is 1. The van der Waals surface area contributed by atoms with Gasteiger partial charge in [-0.05, 0) is 24.6 Å². The molecule has 1 unspecified atom stereocenters. The lowest BCUT2D eigenvalue weighted by Gasteiger charge is -2.08. The van der Waals surface area contributed by atoms with Crippen LogP contribution in [0.3, 0.4) is 0 Å². The van der Waals surface area contributed by atoms with Gasteiger partial charge in [-0.2, -0.15) is 0 Å². The van der Waals surface area contributed by atoms with E-state index in [2.05, 4.69) is 0 Å². The minimum atomic E-state index is -0.421. The van der Waals surface area contributed by atoms with Crippen LogP contribution in [0.15, 0.2) is 18.2 Å². The lowest BCUT2D eigenvalue weighted by atomic mass is 9.97. The summed E-state index contributed by atoms with van der Waals surface area (Å²) in [6.45, 7) is 3.77. The van der Waals surface area contributed by atoms with Crippen molar-refractivity contribution >= 4 is 17.4 Å². The van der Waals surface area contributed by atoms with Crippen LogP contribution in [0.4, 0.5) is 4.39 Å². The predicted molar refractivity (Wildman–Crippen MR) is 55.2 cm³/mol. The summed E-state index contributed by atoms with van der Waals surface area (Å²) in [7, 11) is 0. The molecule has 0 aliphatic heterocycles. The maximum Gasteiger partial charge on any atom is 0.167 e. The molecule has 1 aromatic rings. The zero-order chi connectivity index (χ0) is 10.7. The molecule has 1 rings (SSSR count). The molecule has 0 saturated heterocycles. The first-order chi connectivity index (χ1) is 6.56. The first-order valence-electron chi connectivity index (χ1n) is 4.55. The van der Waals surface area contributed by atoms with Crippen LogP contribution in [0.2, 0.25) is 5.02 Å². The molecule has 1 nitrogen and oxygen atoms in total. The second-order valence-corrected chi connectivity index (χ2v) is 3.70. The van der Waals surface area contributed by atoms with Crippen LogP contribution < -0.4 is 0 Å². The van der Waals surface area contributed by atoms with Crippen LogP contribution in [0.5, 0.6) is 0 Å². The molecular formula is C11H12ClFO. The van der Waals surface area contributed by atoms with E-state index in [0.29, 0.717) is 5.56 Å². The SMILES string of the molecule is CCC(C)C(=O)c1ccc(F)cc1Cl. The van der Waals surface area contributed by atoms with Gasteiger partial charge in [-0.1, -0.05) is 25.4 Å². The smallest absolute Gasteiger partial charge is 0.167 e. The molecule has 0 aliphatic carbocycles. The van der Waals surface area contributed by atoms with E-state index in [4.69, 9.17) is 11.6 Å². The predicted octanol–water partition coefficient (Wildman–Crippen LogP) is 3.71. The van der Waals surface area contributed by atoms with Crippen LogP contribution in [0.25, 0.3) is 0 Å². The molecule has 3 heteroatoms. The lowest BCUT2D eigenvalue weighted by Crippen LogP contribution is -2.10. The second kappa shape index (κ2) is 4.56. The van der Waals surface area contributed by atoms with Crippen molar-refractivity contribution < 1.29 is 9.18 Å². The number of benzene rings is 1. The molecule has 0 amide bonds. The van der Waals surface area contributed by atoms with Crippen molar-refractivity contribution in [3.05, 3.63) is 34.6 Å². The Morgan fingerprint density at radius 3 is 2.71 bits per heavy atom. The van der Waals surface area contributed by atoms with Crippen molar-refractivity contribution in [1.29, 1.82) is 0 Å². The van der Waals surface area contributed by atoms with Crippen molar-refractivity contribution in [3.8, 4) is 0 Å². The highest BCUT2D eigenvalue weighted by atomic mass is 35.5. The van der Waals surface area contributed by atoms with E-state index in [0.717, 1.165) is 12.5 Å². The van der Waals surface area contributed by atoms with Gasteiger partial charge in [0.25, 0.3) is 0 Å². The van der Waals surface area contributed by atoms with E-state index >= 15 is 0 Å². The number of hydrogen-bond acceptors (Lipinski definition) is 1. The van der Waals surface area contributed by atoms with Gasteiger partial charge in [0.2, 0.25) is 0 Å². The van der Waals surface area contributed by atoms with Gasteiger partial charge >= 0.3 is 0 Å². The first-order valence-corrected chi connectivity index (χ1v) is 4.93. The maximum absolute atomic E-state index is 12.7. The maximum atomic E-state index is 12.7. The third-order valence-electron chi connectivity index (χ3n) is 2.26. The third-order valence-corrected chi connectivity index (χ3v) is 2.57. The fraction of sp³-hybridized carbons (Fsp3) is 0.364. The van der Waals surface area contributed by atoms with Gasteiger partial charge in [0.05, 0.1) is 5.02 Å². The van der Waals surface area contributed by atoms with Crippen molar-refractivity contribution in [2.75, 3.05) is 0 Å². The first kappa shape index (κ1) is 11.2. The standard InChI is InChI=1S/C11H12ClFO/c1-3-7(2)11(14)9-5-4-8(13)6-10(9)12/h4-7H,3H2,1-2H3. The molecule has 0 N–H and O–H groups in total. The Morgan fingerprint density at radius 1 is 1.57 bits per heavy atom. The Balaban J connectivity index is 3.02. The summed E-state index contributed by atoms with van der Waals surface area (Å²) in [5, 5.41) is 0.190.